The lowest BCUT2D eigenvalue weighted by molar-refractivity contribution is -0.131. The fourth-order valence-electron chi connectivity index (χ4n) is 2.57. The van der Waals surface area contributed by atoms with Gasteiger partial charge in [-0.25, -0.2) is 0 Å². The molecule has 2 N–H and O–H groups in total. The van der Waals surface area contributed by atoms with Crippen molar-refractivity contribution < 1.29 is 9.53 Å². The van der Waals surface area contributed by atoms with Crippen LogP contribution in [0.3, 0.4) is 0 Å². The summed E-state index contributed by atoms with van der Waals surface area (Å²) in [6.45, 7) is 1.18. The van der Waals surface area contributed by atoms with Crippen LogP contribution in [-0.4, -0.2) is 43.2 Å². The molecule has 0 saturated carbocycles. The van der Waals surface area contributed by atoms with Crippen LogP contribution in [-0.2, 0) is 9.53 Å². The van der Waals surface area contributed by atoms with E-state index in [1.54, 1.807) is 13.2 Å². The first kappa shape index (κ1) is 14.8. The Hall–Kier alpha value is -1.65. The number of ether oxygens (including phenoxy) is 1. The third-order valence-electron chi connectivity index (χ3n) is 3.77. The molecule has 1 saturated heterocycles. The Kier molecular flexibility index (Phi) is 5.32. The number of benzene rings is 1. The van der Waals surface area contributed by atoms with Crippen LogP contribution in [0.2, 0.25) is 0 Å². The minimum atomic E-state index is 0.0267. The fraction of sp³-hybridized carbons (Fsp3) is 0.438. The molecule has 2 unspecified atom stereocenters. The number of hydrogen-bond donors (Lipinski definition) is 1. The molecule has 108 valence electrons. The van der Waals surface area contributed by atoms with Crippen LogP contribution in [0, 0.1) is 0 Å². The summed E-state index contributed by atoms with van der Waals surface area (Å²) < 4.78 is 5.37. The standard InChI is InChI=1S/C16H22N2O2/c1-20-15-9-10-18(14(11-15)12-17)16(19)8-7-13-5-3-2-4-6-13/h2-8,14-15H,9-12,17H2,1H3/b8-7+. The number of piperidine rings is 1. The molecular formula is C16H22N2O2. The zero-order chi connectivity index (χ0) is 14.4. The topological polar surface area (TPSA) is 55.6 Å². The molecule has 4 heteroatoms. The summed E-state index contributed by atoms with van der Waals surface area (Å²) in [5.74, 6) is 0.0267. The molecule has 1 fully saturated rings. The highest BCUT2D eigenvalue weighted by Gasteiger charge is 2.29. The summed E-state index contributed by atoms with van der Waals surface area (Å²) in [7, 11) is 1.71. The van der Waals surface area contributed by atoms with Crippen molar-refractivity contribution in [3.63, 3.8) is 0 Å². The number of nitrogens with two attached hydrogens (primary N) is 1. The number of carbonyl (C=O) groups excluding carboxylic acids is 1. The Labute approximate surface area is 120 Å². The normalized spacial score (nSPS) is 23.2. The molecule has 1 amide bonds. The van der Waals surface area contributed by atoms with Crippen molar-refractivity contribution in [2.45, 2.75) is 25.0 Å². The minimum absolute atomic E-state index is 0.0267. The van der Waals surface area contributed by atoms with Gasteiger partial charge in [0.1, 0.15) is 0 Å². The van der Waals surface area contributed by atoms with Crippen molar-refractivity contribution in [2.24, 2.45) is 5.73 Å². The number of nitrogens with zero attached hydrogens (tertiary/aromatic N) is 1. The van der Waals surface area contributed by atoms with Gasteiger partial charge in [-0.15, -0.1) is 0 Å². The molecule has 0 aliphatic carbocycles. The highest BCUT2D eigenvalue weighted by molar-refractivity contribution is 5.92. The lowest BCUT2D eigenvalue weighted by Gasteiger charge is -2.37. The van der Waals surface area contributed by atoms with Gasteiger partial charge in [0.05, 0.1) is 6.10 Å². The third kappa shape index (κ3) is 3.68. The van der Waals surface area contributed by atoms with Crippen molar-refractivity contribution in [1.29, 1.82) is 0 Å². The molecular weight excluding hydrogens is 252 g/mol. The first-order valence-corrected chi connectivity index (χ1v) is 7.01. The second-order valence-corrected chi connectivity index (χ2v) is 5.05. The van der Waals surface area contributed by atoms with Crippen LogP contribution in [0.4, 0.5) is 0 Å². The van der Waals surface area contributed by atoms with E-state index in [-0.39, 0.29) is 18.1 Å². The Balaban J connectivity index is 1.99. The fourth-order valence-corrected chi connectivity index (χ4v) is 2.57. The van der Waals surface area contributed by atoms with E-state index in [1.165, 1.54) is 0 Å². The average Bonchev–Trinajstić information content (AvgIpc) is 2.52. The highest BCUT2D eigenvalue weighted by atomic mass is 16.5. The number of amides is 1. The smallest absolute Gasteiger partial charge is 0.246 e. The maximum atomic E-state index is 12.3. The third-order valence-corrected chi connectivity index (χ3v) is 3.77. The molecule has 0 bridgehead atoms. The monoisotopic (exact) mass is 274 g/mol. The van der Waals surface area contributed by atoms with E-state index in [0.29, 0.717) is 13.1 Å². The van der Waals surface area contributed by atoms with Gasteiger partial charge in [0, 0.05) is 32.3 Å². The summed E-state index contributed by atoms with van der Waals surface area (Å²) in [5.41, 5.74) is 6.81. The van der Waals surface area contributed by atoms with Gasteiger partial charge < -0.3 is 15.4 Å². The molecule has 4 nitrogen and oxygen atoms in total. The van der Waals surface area contributed by atoms with E-state index in [0.717, 1.165) is 18.4 Å². The summed E-state index contributed by atoms with van der Waals surface area (Å²) in [6, 6.07) is 9.89. The molecule has 2 rings (SSSR count). The Bertz CT molecular complexity index is 459. The first-order valence-electron chi connectivity index (χ1n) is 7.01. The van der Waals surface area contributed by atoms with Crippen LogP contribution in [0.25, 0.3) is 6.08 Å². The average molecular weight is 274 g/mol. The summed E-state index contributed by atoms with van der Waals surface area (Å²) in [4.78, 5) is 14.1. The Morgan fingerprint density at radius 3 is 2.85 bits per heavy atom. The second-order valence-electron chi connectivity index (χ2n) is 5.05. The lowest BCUT2D eigenvalue weighted by Crippen LogP contribution is -2.50. The molecule has 1 aliphatic heterocycles. The van der Waals surface area contributed by atoms with Gasteiger partial charge in [0.2, 0.25) is 5.91 Å². The van der Waals surface area contributed by atoms with Crippen LogP contribution in [0.1, 0.15) is 18.4 Å². The molecule has 1 aliphatic rings. The largest absolute Gasteiger partial charge is 0.381 e. The predicted molar refractivity (Wildman–Crippen MR) is 80.1 cm³/mol. The number of hydrogen-bond acceptors (Lipinski definition) is 3. The second kappa shape index (κ2) is 7.22. The Morgan fingerprint density at radius 2 is 2.20 bits per heavy atom. The molecule has 0 aromatic heterocycles. The van der Waals surface area contributed by atoms with Gasteiger partial charge in [-0.3, -0.25) is 4.79 Å². The summed E-state index contributed by atoms with van der Waals surface area (Å²) >= 11 is 0. The maximum Gasteiger partial charge on any atom is 0.246 e. The molecule has 0 radical (unpaired) electrons. The van der Waals surface area contributed by atoms with Crippen molar-refractivity contribution in [3.8, 4) is 0 Å². The number of methoxy groups -OCH3 is 1. The zero-order valence-electron chi connectivity index (χ0n) is 11.9. The Morgan fingerprint density at radius 1 is 1.45 bits per heavy atom. The summed E-state index contributed by atoms with van der Waals surface area (Å²) in [5, 5.41) is 0. The van der Waals surface area contributed by atoms with Crippen molar-refractivity contribution in [1.82, 2.24) is 4.90 Å². The van der Waals surface area contributed by atoms with E-state index in [9.17, 15) is 4.79 Å². The molecule has 1 heterocycles. The van der Waals surface area contributed by atoms with E-state index in [2.05, 4.69) is 0 Å². The zero-order valence-corrected chi connectivity index (χ0v) is 11.9. The van der Waals surface area contributed by atoms with Gasteiger partial charge in [-0.05, 0) is 24.5 Å². The quantitative estimate of drug-likeness (QED) is 0.850. The van der Waals surface area contributed by atoms with Crippen LogP contribution in [0.15, 0.2) is 36.4 Å². The SMILES string of the molecule is COC1CCN(C(=O)/C=C/c2ccccc2)C(CN)C1. The first-order chi connectivity index (χ1) is 9.74. The molecule has 2 atom stereocenters. The van der Waals surface area contributed by atoms with Gasteiger partial charge in [-0.1, -0.05) is 30.3 Å². The number of carbonyl (C=O) groups is 1. The maximum absolute atomic E-state index is 12.3. The van der Waals surface area contributed by atoms with Crippen LogP contribution < -0.4 is 5.73 Å². The lowest BCUT2D eigenvalue weighted by atomic mass is 9.99. The molecule has 1 aromatic carbocycles. The van der Waals surface area contributed by atoms with Crippen molar-refractivity contribution >= 4 is 12.0 Å². The van der Waals surface area contributed by atoms with Crippen molar-refractivity contribution in [3.05, 3.63) is 42.0 Å². The van der Waals surface area contributed by atoms with Gasteiger partial charge >= 0.3 is 0 Å². The van der Waals surface area contributed by atoms with Gasteiger partial charge in [0.25, 0.3) is 0 Å². The molecule has 1 aromatic rings. The molecule has 0 spiro atoms. The van der Waals surface area contributed by atoms with E-state index in [1.807, 2.05) is 41.3 Å². The number of rotatable bonds is 4. The van der Waals surface area contributed by atoms with Crippen LogP contribution >= 0.6 is 0 Å². The predicted octanol–water partition coefficient (Wildman–Crippen LogP) is 1.66. The van der Waals surface area contributed by atoms with E-state index in [4.69, 9.17) is 10.5 Å². The van der Waals surface area contributed by atoms with Crippen molar-refractivity contribution in [2.75, 3.05) is 20.2 Å². The van der Waals surface area contributed by atoms with Crippen LogP contribution in [0.5, 0.6) is 0 Å². The summed E-state index contributed by atoms with van der Waals surface area (Å²) in [6.07, 6.45) is 5.38. The number of likely N-dealkylation sites (tertiary alicyclic amines) is 1. The van der Waals surface area contributed by atoms with Gasteiger partial charge in [-0.2, -0.15) is 0 Å². The highest BCUT2D eigenvalue weighted by Crippen LogP contribution is 2.19. The minimum Gasteiger partial charge on any atom is -0.381 e. The molecule has 20 heavy (non-hydrogen) atoms. The van der Waals surface area contributed by atoms with Gasteiger partial charge in [0.15, 0.2) is 0 Å². The van der Waals surface area contributed by atoms with E-state index < -0.39 is 0 Å². The van der Waals surface area contributed by atoms with E-state index >= 15 is 0 Å².